The molecular weight excluding hydrogens is 416 g/mol. The first kappa shape index (κ1) is 20.3. The molecule has 0 amide bonds. The van der Waals surface area contributed by atoms with Gasteiger partial charge in [0.25, 0.3) is 0 Å². The van der Waals surface area contributed by atoms with Crippen molar-refractivity contribution in [3.63, 3.8) is 0 Å². The number of nitrogens with zero attached hydrogens (tertiary/aromatic N) is 4. The topological polar surface area (TPSA) is 43.6 Å². The van der Waals surface area contributed by atoms with Crippen LogP contribution in [-0.2, 0) is 12.2 Å². The third-order valence-electron chi connectivity index (χ3n) is 4.64. The lowest BCUT2D eigenvalue weighted by molar-refractivity contribution is 0.555. The predicted octanol–water partition coefficient (Wildman–Crippen LogP) is 6.87. The van der Waals surface area contributed by atoms with Crippen LogP contribution in [0, 0.1) is 6.92 Å². The van der Waals surface area contributed by atoms with Crippen LogP contribution in [0.25, 0.3) is 22.0 Å². The number of hydrogen-bond donors (Lipinski definition) is 0. The van der Waals surface area contributed by atoms with Gasteiger partial charge in [0.1, 0.15) is 5.01 Å². The lowest BCUT2D eigenvalue weighted by atomic mass is 10.2. The quantitative estimate of drug-likeness (QED) is 0.294. The summed E-state index contributed by atoms with van der Waals surface area (Å²) in [6, 6.07) is 11.1. The van der Waals surface area contributed by atoms with E-state index in [-0.39, 0.29) is 0 Å². The first-order valence-corrected chi connectivity index (χ1v) is 12.5. The van der Waals surface area contributed by atoms with Crippen LogP contribution in [0.1, 0.15) is 42.9 Å². The van der Waals surface area contributed by atoms with E-state index in [1.54, 1.807) is 34.4 Å². The highest BCUT2D eigenvalue weighted by molar-refractivity contribution is 7.98. The van der Waals surface area contributed by atoms with Crippen molar-refractivity contribution in [1.29, 1.82) is 0 Å². The molecule has 0 saturated carbocycles. The van der Waals surface area contributed by atoms with Crippen LogP contribution in [-0.4, -0.2) is 19.7 Å². The standard InChI is InChI=1S/C22H24N4S3/c1-5-19-10-17(11-27-19)20-24-25-22(26(20)14(2)3)29-13-18-12-28-21(23-18)16-8-6-15(4)7-9-16/h6-12,14H,5,13H2,1-4H3. The summed E-state index contributed by atoms with van der Waals surface area (Å²) in [7, 11) is 0. The highest BCUT2D eigenvalue weighted by atomic mass is 32.2. The Morgan fingerprint density at radius 2 is 1.83 bits per heavy atom. The van der Waals surface area contributed by atoms with Crippen molar-refractivity contribution in [1.82, 2.24) is 19.7 Å². The zero-order valence-electron chi connectivity index (χ0n) is 17.0. The second-order valence-corrected chi connectivity index (χ2v) is 10.0. The molecule has 0 unspecified atom stereocenters. The summed E-state index contributed by atoms with van der Waals surface area (Å²) in [6.07, 6.45) is 1.05. The molecule has 0 aliphatic rings. The van der Waals surface area contributed by atoms with Gasteiger partial charge in [-0.05, 0) is 33.3 Å². The molecule has 29 heavy (non-hydrogen) atoms. The van der Waals surface area contributed by atoms with Gasteiger partial charge >= 0.3 is 0 Å². The summed E-state index contributed by atoms with van der Waals surface area (Å²) < 4.78 is 2.24. The Bertz CT molecular complexity index is 1090. The molecule has 0 spiro atoms. The molecular formula is C22H24N4S3. The summed E-state index contributed by atoms with van der Waals surface area (Å²) >= 11 is 5.19. The van der Waals surface area contributed by atoms with E-state index >= 15 is 0 Å². The van der Waals surface area contributed by atoms with Gasteiger partial charge in [0.15, 0.2) is 11.0 Å². The van der Waals surface area contributed by atoms with Gasteiger partial charge < -0.3 is 0 Å². The molecule has 4 nitrogen and oxygen atoms in total. The molecule has 3 aromatic heterocycles. The summed E-state index contributed by atoms with van der Waals surface area (Å²) in [5.41, 5.74) is 4.68. The summed E-state index contributed by atoms with van der Waals surface area (Å²) in [5, 5.41) is 15.3. The van der Waals surface area contributed by atoms with Crippen molar-refractivity contribution in [3.8, 4) is 22.0 Å². The third kappa shape index (κ3) is 4.47. The van der Waals surface area contributed by atoms with Gasteiger partial charge in [-0.2, -0.15) is 0 Å². The van der Waals surface area contributed by atoms with Crippen molar-refractivity contribution in [2.75, 3.05) is 0 Å². The number of thiazole rings is 1. The maximum Gasteiger partial charge on any atom is 0.192 e. The number of aryl methyl sites for hydroxylation is 2. The third-order valence-corrected chi connectivity index (χ3v) is 7.64. The molecule has 0 aliphatic carbocycles. The first-order valence-electron chi connectivity index (χ1n) is 9.72. The van der Waals surface area contributed by atoms with Crippen LogP contribution >= 0.6 is 34.4 Å². The number of aromatic nitrogens is 4. The van der Waals surface area contributed by atoms with E-state index in [1.165, 1.54) is 16.0 Å². The van der Waals surface area contributed by atoms with Gasteiger partial charge in [0.05, 0.1) is 5.69 Å². The maximum atomic E-state index is 4.82. The Kier molecular flexibility index (Phi) is 6.18. The largest absolute Gasteiger partial charge is 0.299 e. The monoisotopic (exact) mass is 440 g/mol. The molecule has 0 aliphatic heterocycles. The SMILES string of the molecule is CCc1cc(-c2nnc(SCc3csc(-c4ccc(C)cc4)n3)n2C(C)C)cs1. The Morgan fingerprint density at radius 3 is 2.52 bits per heavy atom. The van der Waals surface area contributed by atoms with E-state index in [0.29, 0.717) is 6.04 Å². The fourth-order valence-electron chi connectivity index (χ4n) is 3.06. The van der Waals surface area contributed by atoms with E-state index in [9.17, 15) is 0 Å². The second kappa shape index (κ2) is 8.81. The average molecular weight is 441 g/mol. The fraction of sp³-hybridized carbons (Fsp3) is 0.318. The van der Waals surface area contributed by atoms with Crippen molar-refractivity contribution >= 4 is 34.4 Å². The molecule has 0 atom stereocenters. The van der Waals surface area contributed by atoms with Gasteiger partial charge in [-0.3, -0.25) is 4.57 Å². The highest BCUT2D eigenvalue weighted by Crippen LogP contribution is 2.33. The fourth-order valence-corrected chi connectivity index (χ4v) is 5.77. The smallest absolute Gasteiger partial charge is 0.192 e. The van der Waals surface area contributed by atoms with E-state index in [1.807, 2.05) is 0 Å². The molecule has 0 fully saturated rings. The van der Waals surface area contributed by atoms with Crippen LogP contribution < -0.4 is 0 Å². The van der Waals surface area contributed by atoms with Gasteiger partial charge in [0.2, 0.25) is 0 Å². The molecule has 1 aromatic carbocycles. The zero-order valence-corrected chi connectivity index (χ0v) is 19.5. The van der Waals surface area contributed by atoms with E-state index in [0.717, 1.165) is 39.4 Å². The molecule has 150 valence electrons. The van der Waals surface area contributed by atoms with Gasteiger partial charge in [0, 0.05) is 38.6 Å². The number of thioether (sulfide) groups is 1. The van der Waals surface area contributed by atoms with Crippen molar-refractivity contribution in [3.05, 3.63) is 57.2 Å². The average Bonchev–Trinajstić information content (AvgIpc) is 3.45. The Hall–Kier alpha value is -1.96. The number of thiophene rings is 1. The van der Waals surface area contributed by atoms with Crippen molar-refractivity contribution in [2.45, 2.75) is 51.1 Å². The lowest BCUT2D eigenvalue weighted by Crippen LogP contribution is -2.04. The Balaban J connectivity index is 1.52. The Labute approximate surface area is 184 Å². The normalized spacial score (nSPS) is 11.5. The number of benzene rings is 1. The minimum atomic E-state index is 0.297. The predicted molar refractivity (Wildman–Crippen MR) is 125 cm³/mol. The molecule has 0 N–H and O–H groups in total. The van der Waals surface area contributed by atoms with Gasteiger partial charge in [-0.15, -0.1) is 32.9 Å². The van der Waals surface area contributed by atoms with Gasteiger partial charge in [-0.1, -0.05) is 48.5 Å². The van der Waals surface area contributed by atoms with Crippen molar-refractivity contribution in [2.24, 2.45) is 0 Å². The summed E-state index contributed by atoms with van der Waals surface area (Å²) in [5.74, 6) is 1.74. The van der Waals surface area contributed by atoms with E-state index in [2.05, 4.69) is 83.6 Å². The molecule has 4 aromatic rings. The van der Waals surface area contributed by atoms with E-state index < -0.39 is 0 Å². The van der Waals surface area contributed by atoms with E-state index in [4.69, 9.17) is 4.98 Å². The minimum absolute atomic E-state index is 0.297. The van der Waals surface area contributed by atoms with Crippen LogP contribution in [0.4, 0.5) is 0 Å². The van der Waals surface area contributed by atoms with Crippen LogP contribution in [0.3, 0.4) is 0 Å². The summed E-state index contributed by atoms with van der Waals surface area (Å²) in [4.78, 5) is 6.19. The number of rotatable bonds is 7. The summed E-state index contributed by atoms with van der Waals surface area (Å²) in [6.45, 7) is 8.65. The molecule has 4 rings (SSSR count). The number of hydrogen-bond acceptors (Lipinski definition) is 6. The van der Waals surface area contributed by atoms with Crippen LogP contribution in [0.5, 0.6) is 0 Å². The zero-order chi connectivity index (χ0) is 20.4. The maximum absolute atomic E-state index is 4.82. The Morgan fingerprint density at radius 1 is 1.03 bits per heavy atom. The second-order valence-electron chi connectivity index (χ2n) is 7.22. The first-order chi connectivity index (χ1) is 14.0. The van der Waals surface area contributed by atoms with Crippen LogP contribution in [0.2, 0.25) is 0 Å². The highest BCUT2D eigenvalue weighted by Gasteiger charge is 2.18. The van der Waals surface area contributed by atoms with Gasteiger partial charge in [-0.25, -0.2) is 4.98 Å². The molecule has 0 radical (unpaired) electrons. The molecule has 7 heteroatoms. The molecule has 0 bridgehead atoms. The molecule has 3 heterocycles. The minimum Gasteiger partial charge on any atom is -0.299 e. The van der Waals surface area contributed by atoms with Crippen molar-refractivity contribution < 1.29 is 0 Å². The lowest BCUT2D eigenvalue weighted by Gasteiger charge is -2.12. The molecule has 0 saturated heterocycles. The van der Waals surface area contributed by atoms with Crippen LogP contribution in [0.15, 0.2) is 46.2 Å².